The summed E-state index contributed by atoms with van der Waals surface area (Å²) in [6.45, 7) is 0. The van der Waals surface area contributed by atoms with Gasteiger partial charge in [-0.2, -0.15) is 0 Å². The van der Waals surface area contributed by atoms with E-state index in [1.54, 1.807) is 0 Å². The Kier molecular flexibility index (Phi) is 5.89. The van der Waals surface area contributed by atoms with Crippen LogP contribution in [0.1, 0.15) is 0 Å². The molecular formula is C48H29NS. The molecule has 9 aromatic carbocycles. The molecule has 0 fully saturated rings. The third kappa shape index (κ3) is 3.88. The van der Waals surface area contributed by atoms with E-state index in [1.165, 1.54) is 102 Å². The maximum Gasteiger partial charge on any atom is 0.0719 e. The Morgan fingerprint density at radius 1 is 0.360 bits per heavy atom. The summed E-state index contributed by atoms with van der Waals surface area (Å²) in [7, 11) is 0. The van der Waals surface area contributed by atoms with Gasteiger partial charge in [0.2, 0.25) is 0 Å². The third-order valence-electron chi connectivity index (χ3n) is 10.6. The van der Waals surface area contributed by atoms with Crippen LogP contribution in [-0.4, -0.2) is 4.57 Å². The summed E-state index contributed by atoms with van der Waals surface area (Å²) in [5, 5.41) is 12.9. The Hall–Kier alpha value is -6.22. The van der Waals surface area contributed by atoms with Crippen molar-refractivity contribution in [1.82, 2.24) is 4.57 Å². The lowest BCUT2D eigenvalue weighted by atomic mass is 9.85. The number of para-hydroxylation sites is 1. The Labute approximate surface area is 292 Å². The van der Waals surface area contributed by atoms with E-state index in [-0.39, 0.29) is 0 Å². The minimum Gasteiger partial charge on any atom is -0.308 e. The highest BCUT2D eigenvalue weighted by Gasteiger charge is 2.20. The number of benzene rings is 9. The summed E-state index contributed by atoms with van der Waals surface area (Å²) in [5.74, 6) is 0. The molecule has 0 saturated carbocycles. The highest BCUT2D eigenvalue weighted by molar-refractivity contribution is 7.26. The smallest absolute Gasteiger partial charge is 0.0719 e. The second-order valence-electron chi connectivity index (χ2n) is 13.2. The molecule has 11 rings (SSSR count). The van der Waals surface area contributed by atoms with Crippen LogP contribution in [0.4, 0.5) is 0 Å². The lowest BCUT2D eigenvalue weighted by Gasteiger charge is -2.19. The Balaban J connectivity index is 1.17. The number of hydrogen-bond acceptors (Lipinski definition) is 1. The molecule has 2 aromatic heterocycles. The van der Waals surface area contributed by atoms with Crippen LogP contribution < -0.4 is 0 Å². The van der Waals surface area contributed by atoms with E-state index in [2.05, 4.69) is 180 Å². The molecule has 0 radical (unpaired) electrons. The van der Waals surface area contributed by atoms with Crippen LogP contribution in [0.2, 0.25) is 0 Å². The van der Waals surface area contributed by atoms with Crippen LogP contribution in [0, 0.1) is 0 Å². The summed E-state index contributed by atoms with van der Waals surface area (Å²) < 4.78 is 5.14. The molecule has 0 N–H and O–H groups in total. The molecule has 0 aliphatic carbocycles. The predicted octanol–water partition coefficient (Wildman–Crippen LogP) is 13.9. The van der Waals surface area contributed by atoms with Crippen molar-refractivity contribution in [3.8, 4) is 27.9 Å². The van der Waals surface area contributed by atoms with Crippen molar-refractivity contribution in [3.05, 3.63) is 176 Å². The van der Waals surface area contributed by atoms with Gasteiger partial charge in [-0.3, -0.25) is 0 Å². The van der Waals surface area contributed by atoms with Crippen molar-refractivity contribution >= 4 is 85.6 Å². The molecule has 0 aliphatic rings. The number of fused-ring (bicyclic) bond motifs is 10. The van der Waals surface area contributed by atoms with Crippen LogP contribution >= 0.6 is 11.3 Å². The standard InChI is InChI=1S/C48H29NS/c1-2-14-33-30(12-1)13-11-21-36(33)46-39-19-5-3-17-37(39)45(38-18-4-6-20-40(38)46)31-24-26-32(27-25-31)49-43-22-9-7-15-34(43)41-28-29-42-35-16-8-10-23-44(35)50-48(42)47(41)49/h1-29H. The van der Waals surface area contributed by atoms with Gasteiger partial charge >= 0.3 is 0 Å². The normalized spacial score (nSPS) is 12.0. The molecule has 0 unspecified atom stereocenters. The lowest BCUT2D eigenvalue weighted by Crippen LogP contribution is -1.95. The maximum absolute atomic E-state index is 2.48. The molecule has 0 amide bonds. The first-order chi connectivity index (χ1) is 24.8. The fraction of sp³-hybridized carbons (Fsp3) is 0. The van der Waals surface area contributed by atoms with Crippen LogP contribution in [0.3, 0.4) is 0 Å². The molecule has 2 heterocycles. The van der Waals surface area contributed by atoms with Crippen molar-refractivity contribution < 1.29 is 0 Å². The van der Waals surface area contributed by atoms with Gasteiger partial charge in [0.15, 0.2) is 0 Å². The average molecular weight is 652 g/mol. The molecule has 0 saturated heterocycles. The predicted molar refractivity (Wildman–Crippen MR) is 217 cm³/mol. The van der Waals surface area contributed by atoms with Gasteiger partial charge in [0.25, 0.3) is 0 Å². The van der Waals surface area contributed by atoms with E-state index in [9.17, 15) is 0 Å². The van der Waals surface area contributed by atoms with Crippen LogP contribution in [0.5, 0.6) is 0 Å². The van der Waals surface area contributed by atoms with Crippen molar-refractivity contribution in [2.75, 3.05) is 0 Å². The molecule has 0 spiro atoms. The number of aromatic nitrogens is 1. The molecule has 232 valence electrons. The molecule has 1 nitrogen and oxygen atoms in total. The van der Waals surface area contributed by atoms with Gasteiger partial charge in [-0.15, -0.1) is 11.3 Å². The fourth-order valence-corrected chi connectivity index (χ4v) is 9.69. The fourth-order valence-electron chi connectivity index (χ4n) is 8.45. The van der Waals surface area contributed by atoms with Crippen LogP contribution in [0.25, 0.3) is 102 Å². The van der Waals surface area contributed by atoms with Crippen LogP contribution in [-0.2, 0) is 0 Å². The highest BCUT2D eigenvalue weighted by Crippen LogP contribution is 2.46. The zero-order valence-corrected chi connectivity index (χ0v) is 27.9. The summed E-state index contributed by atoms with van der Waals surface area (Å²) in [6, 6.07) is 64.8. The number of rotatable bonds is 3. The van der Waals surface area contributed by atoms with Gasteiger partial charge < -0.3 is 4.57 Å². The summed E-state index contributed by atoms with van der Waals surface area (Å²) in [6.07, 6.45) is 0. The molecule has 0 bridgehead atoms. The van der Waals surface area contributed by atoms with E-state index in [0.717, 1.165) is 0 Å². The minimum absolute atomic E-state index is 1.17. The zero-order chi connectivity index (χ0) is 32.8. The second-order valence-corrected chi connectivity index (χ2v) is 14.3. The van der Waals surface area contributed by atoms with Crippen molar-refractivity contribution in [3.63, 3.8) is 0 Å². The monoisotopic (exact) mass is 651 g/mol. The third-order valence-corrected chi connectivity index (χ3v) is 11.8. The summed E-state index contributed by atoms with van der Waals surface area (Å²) >= 11 is 1.90. The van der Waals surface area contributed by atoms with Gasteiger partial charge in [-0.25, -0.2) is 0 Å². The average Bonchev–Trinajstić information content (AvgIpc) is 3.73. The first-order valence-corrected chi connectivity index (χ1v) is 18.0. The van der Waals surface area contributed by atoms with Crippen molar-refractivity contribution in [1.29, 1.82) is 0 Å². The number of hydrogen-bond donors (Lipinski definition) is 0. The second kappa shape index (κ2) is 10.6. The molecule has 0 atom stereocenters. The molecular weight excluding hydrogens is 623 g/mol. The Morgan fingerprint density at radius 3 is 1.66 bits per heavy atom. The van der Waals surface area contributed by atoms with E-state index < -0.39 is 0 Å². The zero-order valence-electron chi connectivity index (χ0n) is 27.1. The lowest BCUT2D eigenvalue weighted by molar-refractivity contribution is 1.19. The van der Waals surface area contributed by atoms with E-state index >= 15 is 0 Å². The Bertz CT molecular complexity index is 3080. The quantitative estimate of drug-likeness (QED) is 0.168. The first-order valence-electron chi connectivity index (χ1n) is 17.2. The number of nitrogens with zero attached hydrogens (tertiary/aromatic N) is 1. The Morgan fingerprint density at radius 2 is 0.920 bits per heavy atom. The van der Waals surface area contributed by atoms with Crippen molar-refractivity contribution in [2.45, 2.75) is 0 Å². The highest BCUT2D eigenvalue weighted by atomic mass is 32.1. The molecule has 2 heteroatoms. The topological polar surface area (TPSA) is 4.93 Å². The summed E-state index contributed by atoms with van der Waals surface area (Å²) in [4.78, 5) is 0. The number of thiophene rings is 1. The van der Waals surface area contributed by atoms with Gasteiger partial charge in [0, 0.05) is 31.9 Å². The van der Waals surface area contributed by atoms with Gasteiger partial charge in [-0.1, -0.05) is 152 Å². The molecule has 11 aromatic rings. The van der Waals surface area contributed by atoms with Gasteiger partial charge in [0.05, 0.1) is 15.7 Å². The van der Waals surface area contributed by atoms with E-state index in [4.69, 9.17) is 0 Å². The molecule has 50 heavy (non-hydrogen) atoms. The van der Waals surface area contributed by atoms with Crippen molar-refractivity contribution in [2.24, 2.45) is 0 Å². The largest absolute Gasteiger partial charge is 0.308 e. The van der Waals surface area contributed by atoms with Gasteiger partial charge in [-0.05, 0) is 78.8 Å². The maximum atomic E-state index is 2.48. The van der Waals surface area contributed by atoms with E-state index in [0.29, 0.717) is 0 Å². The van der Waals surface area contributed by atoms with E-state index in [1.807, 2.05) is 11.3 Å². The first kappa shape index (κ1) is 27.7. The summed E-state index contributed by atoms with van der Waals surface area (Å²) in [5.41, 5.74) is 8.76. The minimum atomic E-state index is 1.17. The van der Waals surface area contributed by atoms with Crippen LogP contribution in [0.15, 0.2) is 176 Å². The van der Waals surface area contributed by atoms with Gasteiger partial charge in [0.1, 0.15) is 0 Å². The SMILES string of the molecule is c1ccc2c(-c3c4ccccc4c(-c4ccc(-n5c6ccccc6c6ccc7c8ccccc8sc7c65)cc4)c4ccccc34)cccc2c1. The molecule has 0 aliphatic heterocycles.